The number of carbonyl (C=O) groups excluding carboxylic acids is 2. The van der Waals surface area contributed by atoms with Crippen molar-refractivity contribution >= 4 is 39.1 Å². The van der Waals surface area contributed by atoms with E-state index in [1.165, 1.54) is 6.20 Å². The zero-order valence-corrected chi connectivity index (χ0v) is 14.1. The third kappa shape index (κ3) is 3.19. The number of halogens is 1. The van der Waals surface area contributed by atoms with E-state index >= 15 is 0 Å². The summed E-state index contributed by atoms with van der Waals surface area (Å²) in [6.07, 6.45) is 3.08. The number of hydrogen-bond donors (Lipinski definition) is 2. The largest absolute Gasteiger partial charge is 0.476 e. The fourth-order valence-electron chi connectivity index (χ4n) is 2.13. The van der Waals surface area contributed by atoms with Gasteiger partial charge in [-0.1, -0.05) is 0 Å². The Hall–Kier alpha value is -2.41. The van der Waals surface area contributed by atoms with Gasteiger partial charge in [0.25, 0.3) is 11.8 Å². The van der Waals surface area contributed by atoms with E-state index in [4.69, 9.17) is 4.74 Å². The molecule has 7 heteroatoms. The topological polar surface area (TPSA) is 80.3 Å². The molecule has 0 saturated heterocycles. The summed E-state index contributed by atoms with van der Waals surface area (Å²) in [6, 6.07) is 6.76. The van der Waals surface area contributed by atoms with Gasteiger partial charge in [-0.2, -0.15) is 0 Å². The third-order valence-electron chi connectivity index (χ3n) is 3.36. The second-order valence-corrected chi connectivity index (χ2v) is 6.54. The molecule has 23 heavy (non-hydrogen) atoms. The van der Waals surface area contributed by atoms with Gasteiger partial charge in [0.05, 0.1) is 11.3 Å². The molecular weight excluding hydrogens is 362 g/mol. The first-order chi connectivity index (χ1) is 10.8. The van der Waals surface area contributed by atoms with E-state index in [-0.39, 0.29) is 11.8 Å². The van der Waals surface area contributed by atoms with Crippen molar-refractivity contribution in [1.82, 2.24) is 4.98 Å². The Balaban J connectivity index is 1.82. The van der Waals surface area contributed by atoms with Crippen LogP contribution in [0.1, 0.15) is 24.2 Å². The quantitative estimate of drug-likeness (QED) is 0.844. The number of rotatable bonds is 2. The number of ether oxygens (including phenoxy) is 1. The average molecular weight is 376 g/mol. The molecule has 0 spiro atoms. The van der Waals surface area contributed by atoms with Gasteiger partial charge < -0.3 is 15.4 Å². The highest BCUT2D eigenvalue weighted by Gasteiger charge is 2.35. The van der Waals surface area contributed by atoms with Gasteiger partial charge in [-0.3, -0.25) is 14.6 Å². The van der Waals surface area contributed by atoms with Crippen LogP contribution in [0, 0.1) is 0 Å². The fraction of sp³-hybridized carbons (Fsp3) is 0.188. The number of anilines is 2. The molecule has 3 rings (SSSR count). The Morgan fingerprint density at radius 3 is 2.83 bits per heavy atom. The Morgan fingerprint density at radius 1 is 1.30 bits per heavy atom. The van der Waals surface area contributed by atoms with Crippen molar-refractivity contribution in [3.05, 3.63) is 46.7 Å². The van der Waals surface area contributed by atoms with E-state index < -0.39 is 5.60 Å². The van der Waals surface area contributed by atoms with Gasteiger partial charge in [-0.25, -0.2) is 0 Å². The zero-order chi connectivity index (χ0) is 16.6. The van der Waals surface area contributed by atoms with Crippen LogP contribution in [0.4, 0.5) is 11.4 Å². The average Bonchev–Trinajstić information content (AvgIpc) is 2.48. The fourth-order valence-corrected chi connectivity index (χ4v) is 2.49. The number of pyridine rings is 1. The lowest BCUT2D eigenvalue weighted by atomic mass is 10.1. The number of aromatic nitrogens is 1. The first kappa shape index (κ1) is 15.5. The summed E-state index contributed by atoms with van der Waals surface area (Å²) < 4.78 is 6.37. The van der Waals surface area contributed by atoms with Crippen LogP contribution >= 0.6 is 15.9 Å². The molecule has 2 aromatic rings. The molecule has 0 fully saturated rings. The first-order valence-electron chi connectivity index (χ1n) is 6.91. The Bertz CT molecular complexity index is 805. The number of hydrogen-bond acceptors (Lipinski definition) is 4. The van der Waals surface area contributed by atoms with Crippen molar-refractivity contribution in [3.8, 4) is 5.75 Å². The molecule has 0 aliphatic carbocycles. The number of nitrogens with zero attached hydrogens (tertiary/aromatic N) is 1. The van der Waals surface area contributed by atoms with E-state index in [1.807, 2.05) is 0 Å². The lowest BCUT2D eigenvalue weighted by Crippen LogP contribution is -2.45. The smallest absolute Gasteiger partial charge is 0.268 e. The number of nitrogens with one attached hydrogen (secondary N) is 2. The van der Waals surface area contributed by atoms with Crippen LogP contribution in [-0.2, 0) is 4.79 Å². The highest BCUT2D eigenvalue weighted by Crippen LogP contribution is 2.35. The monoisotopic (exact) mass is 375 g/mol. The summed E-state index contributed by atoms with van der Waals surface area (Å²) in [5.41, 5.74) is 0.593. The van der Waals surface area contributed by atoms with Gasteiger partial charge in [0.15, 0.2) is 5.60 Å². The summed E-state index contributed by atoms with van der Waals surface area (Å²) in [4.78, 5) is 28.1. The van der Waals surface area contributed by atoms with Crippen LogP contribution in [0.2, 0.25) is 0 Å². The van der Waals surface area contributed by atoms with Gasteiger partial charge in [0, 0.05) is 22.6 Å². The van der Waals surface area contributed by atoms with Crippen molar-refractivity contribution in [3.63, 3.8) is 0 Å². The second kappa shape index (κ2) is 5.66. The minimum Gasteiger partial charge on any atom is -0.476 e. The van der Waals surface area contributed by atoms with Crippen LogP contribution in [0.5, 0.6) is 5.75 Å². The zero-order valence-electron chi connectivity index (χ0n) is 12.5. The molecule has 0 radical (unpaired) electrons. The van der Waals surface area contributed by atoms with E-state index in [0.29, 0.717) is 22.7 Å². The molecule has 0 saturated carbocycles. The maximum absolute atomic E-state index is 12.2. The standard InChI is InChI=1S/C16H14BrN3O3/c1-16(2)15(22)20-12-6-11(3-4-13(12)23-16)19-14(21)9-5-10(17)8-18-7-9/h3-8H,1-2H3,(H,19,21)(H,20,22). The predicted molar refractivity (Wildman–Crippen MR) is 89.7 cm³/mol. The summed E-state index contributed by atoms with van der Waals surface area (Å²) in [7, 11) is 0. The third-order valence-corrected chi connectivity index (χ3v) is 3.80. The van der Waals surface area contributed by atoms with Crippen LogP contribution in [0.25, 0.3) is 0 Å². The summed E-state index contributed by atoms with van der Waals surface area (Å²) in [6.45, 7) is 3.39. The number of carbonyl (C=O) groups is 2. The van der Waals surface area contributed by atoms with Crippen molar-refractivity contribution in [2.45, 2.75) is 19.4 Å². The van der Waals surface area contributed by atoms with Crippen molar-refractivity contribution in [1.29, 1.82) is 0 Å². The van der Waals surface area contributed by atoms with E-state index in [1.54, 1.807) is 44.3 Å². The van der Waals surface area contributed by atoms with E-state index in [9.17, 15) is 9.59 Å². The summed E-state index contributed by atoms with van der Waals surface area (Å²) in [5.74, 6) is 0.0449. The molecule has 6 nitrogen and oxygen atoms in total. The van der Waals surface area contributed by atoms with E-state index in [2.05, 4.69) is 31.5 Å². The van der Waals surface area contributed by atoms with Gasteiger partial charge in [0.1, 0.15) is 5.75 Å². The minimum atomic E-state index is -0.917. The number of amides is 2. The SMILES string of the molecule is CC1(C)Oc2ccc(NC(=O)c3cncc(Br)c3)cc2NC1=O. The van der Waals surface area contributed by atoms with Crippen LogP contribution in [0.3, 0.4) is 0 Å². The lowest BCUT2D eigenvalue weighted by molar-refractivity contribution is -0.129. The van der Waals surface area contributed by atoms with Gasteiger partial charge in [0.2, 0.25) is 0 Å². The van der Waals surface area contributed by atoms with Crippen molar-refractivity contribution < 1.29 is 14.3 Å². The molecule has 0 unspecified atom stereocenters. The minimum absolute atomic E-state index is 0.232. The predicted octanol–water partition coefficient (Wildman–Crippen LogP) is 3.21. The van der Waals surface area contributed by atoms with E-state index in [0.717, 1.165) is 4.47 Å². The van der Waals surface area contributed by atoms with Crippen LogP contribution in [-0.4, -0.2) is 22.4 Å². The molecule has 118 valence electrons. The molecule has 2 heterocycles. The molecule has 1 aliphatic rings. The summed E-state index contributed by atoms with van der Waals surface area (Å²) >= 11 is 3.28. The molecule has 1 aromatic carbocycles. The maximum atomic E-state index is 12.2. The van der Waals surface area contributed by atoms with Crippen LogP contribution < -0.4 is 15.4 Å². The molecule has 2 N–H and O–H groups in total. The van der Waals surface area contributed by atoms with Crippen molar-refractivity contribution in [2.24, 2.45) is 0 Å². The Kier molecular flexibility index (Phi) is 3.81. The first-order valence-corrected chi connectivity index (χ1v) is 7.71. The molecule has 1 aliphatic heterocycles. The normalized spacial score (nSPS) is 15.2. The molecule has 0 bridgehead atoms. The Morgan fingerprint density at radius 2 is 2.09 bits per heavy atom. The Labute approximate surface area is 141 Å². The maximum Gasteiger partial charge on any atom is 0.268 e. The lowest BCUT2D eigenvalue weighted by Gasteiger charge is -2.31. The number of fused-ring (bicyclic) bond motifs is 1. The molecule has 0 atom stereocenters. The van der Waals surface area contributed by atoms with Gasteiger partial charge in [-0.15, -0.1) is 0 Å². The van der Waals surface area contributed by atoms with Crippen LogP contribution in [0.15, 0.2) is 41.1 Å². The van der Waals surface area contributed by atoms with Crippen molar-refractivity contribution in [2.75, 3.05) is 10.6 Å². The summed E-state index contributed by atoms with van der Waals surface area (Å²) in [5, 5.41) is 5.54. The highest BCUT2D eigenvalue weighted by atomic mass is 79.9. The molecule has 2 amide bonds. The van der Waals surface area contributed by atoms with Gasteiger partial charge in [-0.05, 0) is 54.0 Å². The van der Waals surface area contributed by atoms with Gasteiger partial charge >= 0.3 is 0 Å². The molecular formula is C16H14BrN3O3. The second-order valence-electron chi connectivity index (χ2n) is 5.62. The highest BCUT2D eigenvalue weighted by molar-refractivity contribution is 9.10. The number of benzene rings is 1. The molecule has 1 aromatic heterocycles.